The van der Waals surface area contributed by atoms with Gasteiger partial charge in [-0.3, -0.25) is 4.79 Å². The number of aliphatic carboxylic acids is 1. The van der Waals surface area contributed by atoms with Crippen molar-refractivity contribution in [1.82, 2.24) is 0 Å². The van der Waals surface area contributed by atoms with Crippen LogP contribution in [0, 0.1) is 11.3 Å². The number of rotatable bonds is 5. The molecule has 0 heterocycles. The van der Waals surface area contributed by atoms with Gasteiger partial charge in [-0.15, -0.1) is 0 Å². The van der Waals surface area contributed by atoms with E-state index in [1.807, 2.05) is 97.1 Å². The van der Waals surface area contributed by atoms with Crippen molar-refractivity contribution in [3.05, 3.63) is 149 Å². The fourth-order valence-corrected chi connectivity index (χ4v) is 3.22. The van der Waals surface area contributed by atoms with Crippen LogP contribution in [0.5, 0.6) is 0 Å². The SMILES string of the molecule is N#CC(C(=O)O)=C(c1ccccc1)c1ccccc1.O=C(c1ccccc1)c1ccccc1. The van der Waals surface area contributed by atoms with Crippen molar-refractivity contribution in [2.24, 2.45) is 0 Å². The summed E-state index contributed by atoms with van der Waals surface area (Å²) in [5.41, 5.74) is 3.09. The van der Waals surface area contributed by atoms with Crippen LogP contribution in [0.25, 0.3) is 5.57 Å². The van der Waals surface area contributed by atoms with Crippen LogP contribution in [0.3, 0.4) is 0 Å². The molecule has 4 aromatic carbocycles. The Kier molecular flexibility index (Phi) is 8.05. The Morgan fingerprint density at radius 3 is 1.12 bits per heavy atom. The quantitative estimate of drug-likeness (QED) is 0.238. The molecule has 0 aliphatic rings. The van der Waals surface area contributed by atoms with Crippen LogP contribution < -0.4 is 0 Å². The molecule has 4 rings (SSSR count). The van der Waals surface area contributed by atoms with Crippen molar-refractivity contribution < 1.29 is 14.7 Å². The highest BCUT2D eigenvalue weighted by Gasteiger charge is 2.17. The van der Waals surface area contributed by atoms with Gasteiger partial charge in [0.1, 0.15) is 11.6 Å². The zero-order valence-corrected chi connectivity index (χ0v) is 17.8. The molecular formula is C29H21NO3. The lowest BCUT2D eigenvalue weighted by Crippen LogP contribution is -2.03. The largest absolute Gasteiger partial charge is 0.477 e. The maximum atomic E-state index is 11.8. The minimum absolute atomic E-state index is 0.0752. The third-order valence-electron chi connectivity index (χ3n) is 4.77. The van der Waals surface area contributed by atoms with E-state index in [1.54, 1.807) is 30.3 Å². The summed E-state index contributed by atoms with van der Waals surface area (Å²) in [5.74, 6) is -1.14. The zero-order valence-electron chi connectivity index (χ0n) is 17.8. The fourth-order valence-electron chi connectivity index (χ4n) is 3.22. The Morgan fingerprint density at radius 2 is 0.848 bits per heavy atom. The molecule has 0 unspecified atom stereocenters. The van der Waals surface area contributed by atoms with Crippen LogP contribution in [0.1, 0.15) is 27.0 Å². The second kappa shape index (κ2) is 11.6. The smallest absolute Gasteiger partial charge is 0.347 e. The summed E-state index contributed by atoms with van der Waals surface area (Å²) in [5, 5.41) is 18.3. The van der Waals surface area contributed by atoms with Crippen molar-refractivity contribution in [2.75, 3.05) is 0 Å². The molecule has 4 heteroatoms. The van der Waals surface area contributed by atoms with Crippen molar-refractivity contribution in [3.63, 3.8) is 0 Å². The second-order valence-corrected chi connectivity index (χ2v) is 6.96. The molecule has 0 fully saturated rings. The molecule has 0 bridgehead atoms. The number of hydrogen-bond donors (Lipinski definition) is 1. The molecule has 0 saturated carbocycles. The first-order valence-electron chi connectivity index (χ1n) is 10.2. The maximum Gasteiger partial charge on any atom is 0.347 e. The molecule has 160 valence electrons. The molecular weight excluding hydrogens is 410 g/mol. The third-order valence-corrected chi connectivity index (χ3v) is 4.77. The second-order valence-electron chi connectivity index (χ2n) is 6.96. The van der Waals surface area contributed by atoms with E-state index in [2.05, 4.69) is 0 Å². The van der Waals surface area contributed by atoms with Crippen LogP contribution in [-0.4, -0.2) is 16.9 Å². The number of hydrogen-bond acceptors (Lipinski definition) is 3. The molecule has 0 amide bonds. The predicted octanol–water partition coefficient (Wildman–Crippen LogP) is 6.01. The molecule has 4 aromatic rings. The lowest BCUT2D eigenvalue weighted by molar-refractivity contribution is -0.132. The molecule has 0 saturated heterocycles. The molecule has 33 heavy (non-hydrogen) atoms. The number of nitriles is 1. The average molecular weight is 431 g/mol. The number of carbonyl (C=O) groups excluding carboxylic acids is 1. The van der Waals surface area contributed by atoms with Crippen molar-refractivity contribution in [1.29, 1.82) is 5.26 Å². The minimum Gasteiger partial charge on any atom is -0.477 e. The number of carbonyl (C=O) groups is 2. The van der Waals surface area contributed by atoms with E-state index < -0.39 is 5.97 Å². The maximum absolute atomic E-state index is 11.8. The van der Waals surface area contributed by atoms with E-state index in [0.29, 0.717) is 16.7 Å². The molecule has 0 aromatic heterocycles. The summed E-state index contributed by atoms with van der Waals surface area (Å²) in [6, 6.07) is 38.5. The van der Waals surface area contributed by atoms with E-state index >= 15 is 0 Å². The number of ketones is 1. The van der Waals surface area contributed by atoms with E-state index in [0.717, 1.165) is 11.1 Å². The van der Waals surface area contributed by atoms with Crippen molar-refractivity contribution >= 4 is 17.3 Å². The monoisotopic (exact) mass is 431 g/mol. The minimum atomic E-state index is -1.22. The summed E-state index contributed by atoms with van der Waals surface area (Å²) >= 11 is 0. The Labute approximate surface area is 192 Å². The first-order valence-corrected chi connectivity index (χ1v) is 10.2. The lowest BCUT2D eigenvalue weighted by Gasteiger charge is -2.09. The van der Waals surface area contributed by atoms with Gasteiger partial charge < -0.3 is 5.11 Å². The predicted molar refractivity (Wildman–Crippen MR) is 128 cm³/mol. The molecule has 0 aliphatic carbocycles. The number of benzene rings is 4. The van der Waals surface area contributed by atoms with Gasteiger partial charge in [0.2, 0.25) is 0 Å². The lowest BCUT2D eigenvalue weighted by atomic mass is 9.93. The van der Waals surface area contributed by atoms with Gasteiger partial charge in [-0.05, 0) is 11.1 Å². The first kappa shape index (κ1) is 22.9. The van der Waals surface area contributed by atoms with E-state index in [4.69, 9.17) is 5.26 Å². The first-order chi connectivity index (χ1) is 16.1. The number of nitrogens with zero attached hydrogens (tertiary/aromatic N) is 1. The van der Waals surface area contributed by atoms with Gasteiger partial charge in [0.05, 0.1) is 0 Å². The van der Waals surface area contributed by atoms with Crippen LogP contribution in [0.4, 0.5) is 0 Å². The average Bonchev–Trinajstić information content (AvgIpc) is 2.89. The van der Waals surface area contributed by atoms with Crippen LogP contribution in [0.15, 0.2) is 127 Å². The van der Waals surface area contributed by atoms with Crippen LogP contribution in [0.2, 0.25) is 0 Å². The highest BCUT2D eigenvalue weighted by atomic mass is 16.4. The molecule has 0 spiro atoms. The summed E-state index contributed by atoms with van der Waals surface area (Å²) in [7, 11) is 0. The van der Waals surface area contributed by atoms with Crippen molar-refractivity contribution in [2.45, 2.75) is 0 Å². The molecule has 0 aliphatic heterocycles. The summed E-state index contributed by atoms with van der Waals surface area (Å²) < 4.78 is 0. The highest BCUT2D eigenvalue weighted by Crippen LogP contribution is 2.26. The van der Waals surface area contributed by atoms with E-state index in [9.17, 15) is 14.7 Å². The standard InChI is InChI=1S/C16H11NO2.C13H10O/c17-11-14(16(18)19)15(12-7-3-1-4-8-12)13-9-5-2-6-10-13;14-13(11-7-3-1-4-8-11)12-9-5-2-6-10-12/h1-10H,(H,18,19);1-10H. The van der Waals surface area contributed by atoms with Gasteiger partial charge in [-0.1, -0.05) is 121 Å². The third kappa shape index (κ3) is 6.13. The Bertz CT molecular complexity index is 1190. The highest BCUT2D eigenvalue weighted by molar-refractivity contribution is 6.08. The van der Waals surface area contributed by atoms with Crippen molar-refractivity contribution in [3.8, 4) is 6.07 Å². The van der Waals surface area contributed by atoms with E-state index in [1.165, 1.54) is 0 Å². The Balaban J connectivity index is 0.000000194. The fraction of sp³-hybridized carbons (Fsp3) is 0. The van der Waals surface area contributed by atoms with Gasteiger partial charge in [0.15, 0.2) is 5.78 Å². The molecule has 4 nitrogen and oxygen atoms in total. The van der Waals surface area contributed by atoms with Gasteiger partial charge >= 0.3 is 5.97 Å². The molecule has 1 N–H and O–H groups in total. The van der Waals surface area contributed by atoms with Gasteiger partial charge in [0.25, 0.3) is 0 Å². The topological polar surface area (TPSA) is 78.2 Å². The van der Waals surface area contributed by atoms with E-state index in [-0.39, 0.29) is 11.4 Å². The summed E-state index contributed by atoms with van der Waals surface area (Å²) in [6.45, 7) is 0. The number of carboxylic acids is 1. The van der Waals surface area contributed by atoms with Gasteiger partial charge in [-0.2, -0.15) is 5.26 Å². The Hall–Kier alpha value is -4.75. The normalized spacial score (nSPS) is 9.55. The van der Waals surface area contributed by atoms with Gasteiger partial charge in [0, 0.05) is 16.7 Å². The summed E-state index contributed by atoms with van der Waals surface area (Å²) in [4.78, 5) is 23.1. The molecule has 0 radical (unpaired) electrons. The summed E-state index contributed by atoms with van der Waals surface area (Å²) in [6.07, 6.45) is 0. The zero-order chi connectivity index (χ0) is 23.5. The van der Waals surface area contributed by atoms with Gasteiger partial charge in [-0.25, -0.2) is 4.79 Å². The molecule has 0 atom stereocenters. The van der Waals surface area contributed by atoms with Crippen LogP contribution >= 0.6 is 0 Å². The van der Waals surface area contributed by atoms with Crippen LogP contribution in [-0.2, 0) is 4.79 Å². The number of carboxylic acid groups (broad SMARTS) is 1. The Morgan fingerprint density at radius 1 is 0.545 bits per heavy atom.